The molecule has 0 bridgehead atoms. The van der Waals surface area contributed by atoms with Gasteiger partial charge in [0.2, 0.25) is 0 Å². The average molecular weight is 276 g/mol. The van der Waals surface area contributed by atoms with Crippen molar-refractivity contribution in [3.05, 3.63) is 23.8 Å². The molecule has 1 aromatic rings. The highest BCUT2D eigenvalue weighted by atomic mass is 16.5. The lowest BCUT2D eigenvalue weighted by atomic mass is 10.0. The minimum absolute atomic E-state index is 0.595. The molecular weight excluding hydrogens is 248 g/mol. The van der Waals surface area contributed by atoms with Crippen molar-refractivity contribution in [3.8, 4) is 5.75 Å². The molecule has 0 aliphatic carbocycles. The van der Waals surface area contributed by atoms with Crippen molar-refractivity contribution in [2.75, 3.05) is 31.6 Å². The fraction of sp³-hybridized carbons (Fsp3) is 0.647. The second kappa shape index (κ2) is 7.53. The number of hydrogen-bond acceptors (Lipinski definition) is 3. The van der Waals surface area contributed by atoms with Crippen LogP contribution in [0.1, 0.15) is 39.2 Å². The fourth-order valence-corrected chi connectivity index (χ4v) is 2.91. The number of benzene rings is 1. The molecule has 112 valence electrons. The van der Waals surface area contributed by atoms with Crippen LogP contribution in [0.25, 0.3) is 0 Å². The number of anilines is 1. The van der Waals surface area contributed by atoms with Crippen LogP contribution in [0.4, 0.5) is 5.69 Å². The zero-order valence-corrected chi connectivity index (χ0v) is 13.1. The third kappa shape index (κ3) is 3.89. The quantitative estimate of drug-likeness (QED) is 0.824. The number of hydrogen-bond donors (Lipinski definition) is 1. The van der Waals surface area contributed by atoms with Crippen molar-refractivity contribution in [2.24, 2.45) is 0 Å². The smallest absolute Gasteiger partial charge is 0.142 e. The van der Waals surface area contributed by atoms with Crippen LogP contribution in [0.3, 0.4) is 0 Å². The largest absolute Gasteiger partial charge is 0.490 e. The van der Waals surface area contributed by atoms with E-state index in [0.29, 0.717) is 6.04 Å². The second-order valence-corrected chi connectivity index (χ2v) is 5.69. The normalized spacial score (nSPS) is 15.4. The molecule has 1 unspecified atom stereocenters. The van der Waals surface area contributed by atoms with Crippen molar-refractivity contribution in [1.82, 2.24) is 4.90 Å². The first-order chi connectivity index (χ1) is 9.74. The molecule has 20 heavy (non-hydrogen) atoms. The van der Waals surface area contributed by atoms with Gasteiger partial charge in [-0.3, -0.25) is 0 Å². The second-order valence-electron chi connectivity index (χ2n) is 5.69. The Hall–Kier alpha value is -1.22. The van der Waals surface area contributed by atoms with Crippen molar-refractivity contribution in [3.63, 3.8) is 0 Å². The first-order valence-electron chi connectivity index (χ1n) is 7.98. The van der Waals surface area contributed by atoms with Crippen LogP contribution in [0.5, 0.6) is 5.75 Å². The van der Waals surface area contributed by atoms with Gasteiger partial charge < -0.3 is 15.0 Å². The highest BCUT2D eigenvalue weighted by molar-refractivity contribution is 5.59. The molecule has 0 saturated carbocycles. The highest BCUT2D eigenvalue weighted by Gasteiger charge is 2.15. The summed E-state index contributed by atoms with van der Waals surface area (Å²) in [5, 5.41) is 3.42. The van der Waals surface area contributed by atoms with Crippen molar-refractivity contribution < 1.29 is 4.74 Å². The van der Waals surface area contributed by atoms with Crippen molar-refractivity contribution in [2.45, 2.75) is 46.1 Å². The maximum absolute atomic E-state index is 5.64. The summed E-state index contributed by atoms with van der Waals surface area (Å²) in [7, 11) is 0. The van der Waals surface area contributed by atoms with Gasteiger partial charge in [0.25, 0.3) is 0 Å². The summed E-state index contributed by atoms with van der Waals surface area (Å²) in [6.45, 7) is 10.9. The van der Waals surface area contributed by atoms with Crippen LogP contribution in [-0.2, 0) is 6.42 Å². The van der Waals surface area contributed by atoms with Gasteiger partial charge in [-0.05, 0) is 57.0 Å². The Kier molecular flexibility index (Phi) is 5.72. The van der Waals surface area contributed by atoms with E-state index in [2.05, 4.69) is 49.2 Å². The minimum atomic E-state index is 0.595. The first kappa shape index (κ1) is 15.2. The van der Waals surface area contributed by atoms with E-state index in [4.69, 9.17) is 4.74 Å². The van der Waals surface area contributed by atoms with Crippen LogP contribution >= 0.6 is 0 Å². The van der Waals surface area contributed by atoms with Gasteiger partial charge in [0.15, 0.2) is 0 Å². The fourth-order valence-electron chi connectivity index (χ4n) is 2.91. The van der Waals surface area contributed by atoms with Crippen molar-refractivity contribution >= 4 is 5.69 Å². The minimum Gasteiger partial charge on any atom is -0.490 e. The number of ether oxygens (including phenoxy) is 1. The predicted octanol–water partition coefficient (Wildman–Crippen LogP) is 3.54. The van der Waals surface area contributed by atoms with Crippen LogP contribution in [0.2, 0.25) is 0 Å². The van der Waals surface area contributed by atoms with E-state index in [1.54, 1.807) is 0 Å². The van der Waals surface area contributed by atoms with Gasteiger partial charge in [0.05, 0.1) is 5.69 Å². The molecule has 0 radical (unpaired) electrons. The SMILES string of the molecule is CCCN(CCC)C(C)Cc1ccc2c(c1)NCCO2. The standard InChI is InChI=1S/C17H28N2O/c1-4-9-19(10-5-2)14(3)12-15-6-7-17-16(13-15)18-8-11-20-17/h6-7,13-14,18H,4-5,8-12H2,1-3H3. The number of rotatable bonds is 7. The lowest BCUT2D eigenvalue weighted by molar-refractivity contribution is 0.208. The topological polar surface area (TPSA) is 24.5 Å². The highest BCUT2D eigenvalue weighted by Crippen LogP contribution is 2.28. The molecule has 1 aliphatic heterocycles. The molecule has 0 saturated heterocycles. The molecule has 1 aliphatic rings. The average Bonchev–Trinajstić information content (AvgIpc) is 2.47. The van der Waals surface area contributed by atoms with Gasteiger partial charge >= 0.3 is 0 Å². The summed E-state index contributed by atoms with van der Waals surface area (Å²) in [5.41, 5.74) is 2.55. The van der Waals surface area contributed by atoms with Gasteiger partial charge in [-0.25, -0.2) is 0 Å². The van der Waals surface area contributed by atoms with E-state index in [9.17, 15) is 0 Å². The van der Waals surface area contributed by atoms with E-state index >= 15 is 0 Å². The van der Waals surface area contributed by atoms with Crippen LogP contribution < -0.4 is 10.1 Å². The van der Waals surface area contributed by atoms with Gasteiger partial charge in [-0.15, -0.1) is 0 Å². The van der Waals surface area contributed by atoms with Gasteiger partial charge in [-0.1, -0.05) is 19.9 Å². The lowest BCUT2D eigenvalue weighted by Crippen LogP contribution is -2.36. The van der Waals surface area contributed by atoms with Crippen LogP contribution in [0, 0.1) is 0 Å². The number of nitrogens with zero attached hydrogens (tertiary/aromatic N) is 1. The van der Waals surface area contributed by atoms with Crippen molar-refractivity contribution in [1.29, 1.82) is 0 Å². The summed E-state index contributed by atoms with van der Waals surface area (Å²) >= 11 is 0. The maximum Gasteiger partial charge on any atom is 0.142 e. The molecule has 0 fully saturated rings. The molecule has 0 amide bonds. The monoisotopic (exact) mass is 276 g/mol. The summed E-state index contributed by atoms with van der Waals surface area (Å²) in [4.78, 5) is 2.60. The van der Waals surface area contributed by atoms with E-state index in [-0.39, 0.29) is 0 Å². The summed E-state index contributed by atoms with van der Waals surface area (Å²) in [5.74, 6) is 0.992. The van der Waals surface area contributed by atoms with Gasteiger partial charge in [0, 0.05) is 12.6 Å². The Labute approximate surface area is 123 Å². The molecule has 3 nitrogen and oxygen atoms in total. The molecule has 1 N–H and O–H groups in total. The lowest BCUT2D eigenvalue weighted by Gasteiger charge is -2.29. The zero-order chi connectivity index (χ0) is 14.4. The molecule has 1 atom stereocenters. The molecule has 2 rings (SSSR count). The molecule has 3 heteroatoms. The third-order valence-electron chi connectivity index (χ3n) is 3.90. The molecule has 1 heterocycles. The van der Waals surface area contributed by atoms with E-state index in [0.717, 1.165) is 31.0 Å². The predicted molar refractivity (Wildman–Crippen MR) is 85.7 cm³/mol. The molecule has 0 spiro atoms. The van der Waals surface area contributed by atoms with Gasteiger partial charge in [0.1, 0.15) is 12.4 Å². The zero-order valence-electron chi connectivity index (χ0n) is 13.1. The number of nitrogens with one attached hydrogen (secondary N) is 1. The summed E-state index contributed by atoms with van der Waals surface area (Å²) < 4.78 is 5.64. The summed E-state index contributed by atoms with van der Waals surface area (Å²) in [6.07, 6.45) is 3.56. The Bertz CT molecular complexity index is 413. The van der Waals surface area contributed by atoms with Crippen LogP contribution in [-0.4, -0.2) is 37.2 Å². The Balaban J connectivity index is 2.00. The van der Waals surface area contributed by atoms with Crippen LogP contribution in [0.15, 0.2) is 18.2 Å². The van der Waals surface area contributed by atoms with E-state index in [1.165, 1.54) is 31.5 Å². The first-order valence-corrected chi connectivity index (χ1v) is 7.98. The molecule has 0 aromatic heterocycles. The molecule has 1 aromatic carbocycles. The van der Waals surface area contributed by atoms with E-state index in [1.807, 2.05) is 0 Å². The van der Waals surface area contributed by atoms with Gasteiger partial charge in [-0.2, -0.15) is 0 Å². The molecular formula is C17H28N2O. The summed E-state index contributed by atoms with van der Waals surface area (Å²) in [6, 6.07) is 7.16. The third-order valence-corrected chi connectivity index (χ3v) is 3.90. The number of fused-ring (bicyclic) bond motifs is 1. The Morgan fingerprint density at radius 1 is 1.25 bits per heavy atom. The maximum atomic E-state index is 5.64. The Morgan fingerprint density at radius 3 is 2.70 bits per heavy atom. The Morgan fingerprint density at radius 2 is 2.00 bits per heavy atom. The van der Waals surface area contributed by atoms with E-state index < -0.39 is 0 Å².